The van der Waals surface area contributed by atoms with E-state index in [-0.39, 0.29) is 24.6 Å². The van der Waals surface area contributed by atoms with Gasteiger partial charge < -0.3 is 19.7 Å². The summed E-state index contributed by atoms with van der Waals surface area (Å²) in [6, 6.07) is 1.94. The van der Waals surface area contributed by atoms with Crippen molar-refractivity contribution in [2.45, 2.75) is 25.6 Å². The van der Waals surface area contributed by atoms with Gasteiger partial charge in [-0.05, 0) is 19.9 Å². The molecule has 1 N–H and O–H groups in total. The first kappa shape index (κ1) is 29.0. The highest BCUT2D eigenvalue weighted by Crippen LogP contribution is 2.33. The molecule has 1 fully saturated rings. The fourth-order valence-electron chi connectivity index (χ4n) is 3.32. The quantitative estimate of drug-likeness (QED) is 0.412. The number of amides is 2. The van der Waals surface area contributed by atoms with Gasteiger partial charge in [-0.3, -0.25) is 14.7 Å². The molecule has 36 heavy (non-hydrogen) atoms. The van der Waals surface area contributed by atoms with Crippen molar-refractivity contribution in [3.8, 4) is 16.3 Å². The molecule has 9 nitrogen and oxygen atoms in total. The summed E-state index contributed by atoms with van der Waals surface area (Å²) in [6.45, 7) is 9.70. The van der Waals surface area contributed by atoms with Crippen molar-refractivity contribution in [1.82, 2.24) is 25.1 Å². The van der Waals surface area contributed by atoms with E-state index in [0.717, 1.165) is 29.4 Å². The second-order valence-corrected chi connectivity index (χ2v) is 9.02. The molecule has 0 saturated carbocycles. The van der Waals surface area contributed by atoms with Crippen molar-refractivity contribution >= 4 is 23.8 Å². The van der Waals surface area contributed by atoms with Crippen LogP contribution in [-0.4, -0.2) is 84.9 Å². The molecule has 0 aromatic carbocycles. The highest BCUT2D eigenvalue weighted by molar-refractivity contribution is 7.13. The molecule has 198 valence electrons. The largest absolute Gasteiger partial charge is 0.495 e. The first-order chi connectivity index (χ1) is 17.0. The number of ether oxygens (including phenoxy) is 2. The molecular formula is C23H30F3N5O4S. The number of halogens is 3. The number of rotatable bonds is 8. The van der Waals surface area contributed by atoms with Crippen LogP contribution in [0, 0.1) is 0 Å². The van der Waals surface area contributed by atoms with Gasteiger partial charge in [0.05, 0.1) is 24.5 Å². The number of alkyl halides is 3. The lowest BCUT2D eigenvalue weighted by Gasteiger charge is -2.42. The van der Waals surface area contributed by atoms with Crippen LogP contribution in [0.3, 0.4) is 0 Å². The van der Waals surface area contributed by atoms with Gasteiger partial charge in [-0.25, -0.2) is 9.78 Å². The number of thiazole rings is 1. The summed E-state index contributed by atoms with van der Waals surface area (Å²) in [4.78, 5) is 34.4. The van der Waals surface area contributed by atoms with Crippen molar-refractivity contribution in [3.63, 3.8) is 0 Å². The standard InChI is InChI=1S/C20H26N4O3S.C3H4F3NO/c1-5-10-27-19(25)23-6-8-24(9-7-23)20(2,3)17-14-28-18(22-17)15-11-16(26-4)13-21-12-15;4-3(5,6)1-7-2-8/h5,11-14H,1,6-10H2,2-4H3;2H,1H2,(H,7,8). The zero-order chi connectivity index (χ0) is 26.8. The maximum Gasteiger partial charge on any atom is 0.410 e. The second kappa shape index (κ2) is 13.2. The first-order valence-electron chi connectivity index (χ1n) is 11.0. The van der Waals surface area contributed by atoms with Gasteiger partial charge in [-0.1, -0.05) is 12.7 Å². The third-order valence-electron chi connectivity index (χ3n) is 5.37. The van der Waals surface area contributed by atoms with E-state index in [1.807, 2.05) is 6.07 Å². The molecule has 1 aliphatic rings. The maximum atomic E-state index is 12.0. The molecule has 2 aromatic heterocycles. The summed E-state index contributed by atoms with van der Waals surface area (Å²) in [7, 11) is 1.63. The zero-order valence-electron chi connectivity index (χ0n) is 20.4. The summed E-state index contributed by atoms with van der Waals surface area (Å²) in [5, 5.41) is 4.50. The molecule has 13 heteroatoms. The van der Waals surface area contributed by atoms with Crippen LogP contribution in [0.5, 0.6) is 5.75 Å². The van der Waals surface area contributed by atoms with E-state index < -0.39 is 12.7 Å². The number of hydrogen-bond acceptors (Lipinski definition) is 8. The van der Waals surface area contributed by atoms with Gasteiger partial charge in [0, 0.05) is 43.3 Å². The predicted molar refractivity (Wildman–Crippen MR) is 130 cm³/mol. The van der Waals surface area contributed by atoms with Gasteiger partial charge in [-0.15, -0.1) is 11.3 Å². The Bertz CT molecular complexity index is 1010. The SMILES string of the molecule is C=CCOC(=O)N1CCN(C(C)(C)c2csc(-c3cncc(OC)c3)n2)CC1.O=CNCC(F)(F)F. The third kappa shape index (κ3) is 8.48. The van der Waals surface area contributed by atoms with E-state index in [1.165, 1.54) is 5.32 Å². The number of carbonyl (C=O) groups is 2. The Labute approximate surface area is 211 Å². The maximum absolute atomic E-state index is 12.0. The molecule has 0 aliphatic carbocycles. The summed E-state index contributed by atoms with van der Waals surface area (Å²) < 4.78 is 43.5. The van der Waals surface area contributed by atoms with Crippen molar-refractivity contribution in [2.75, 3.05) is 46.4 Å². The predicted octanol–water partition coefficient (Wildman–Crippen LogP) is 3.68. The van der Waals surface area contributed by atoms with E-state index in [1.54, 1.807) is 41.8 Å². The van der Waals surface area contributed by atoms with Crippen molar-refractivity contribution in [3.05, 3.63) is 42.2 Å². The normalized spacial score (nSPS) is 14.3. The average molecular weight is 530 g/mol. The third-order valence-corrected chi connectivity index (χ3v) is 6.26. The van der Waals surface area contributed by atoms with Crippen LogP contribution >= 0.6 is 11.3 Å². The highest BCUT2D eigenvalue weighted by Gasteiger charge is 2.34. The molecule has 2 aromatic rings. The molecule has 1 aliphatic heterocycles. The summed E-state index contributed by atoms with van der Waals surface area (Å²) in [6.07, 6.45) is 0.496. The molecule has 0 spiro atoms. The van der Waals surface area contributed by atoms with Gasteiger partial charge in [0.2, 0.25) is 6.41 Å². The number of methoxy groups -OCH3 is 1. The van der Waals surface area contributed by atoms with Gasteiger partial charge in [0.25, 0.3) is 0 Å². The Kier molecular flexibility index (Phi) is 10.7. The van der Waals surface area contributed by atoms with Crippen LogP contribution in [0.1, 0.15) is 19.5 Å². The van der Waals surface area contributed by atoms with E-state index in [4.69, 9.17) is 14.5 Å². The molecule has 3 rings (SSSR count). The van der Waals surface area contributed by atoms with E-state index >= 15 is 0 Å². The molecule has 3 heterocycles. The molecule has 1 saturated heterocycles. The highest BCUT2D eigenvalue weighted by atomic mass is 32.1. The average Bonchev–Trinajstić information content (AvgIpc) is 3.37. The molecular weight excluding hydrogens is 499 g/mol. The minimum Gasteiger partial charge on any atom is -0.495 e. The van der Waals surface area contributed by atoms with Gasteiger partial charge in [0.1, 0.15) is 23.9 Å². The van der Waals surface area contributed by atoms with Gasteiger partial charge >= 0.3 is 12.3 Å². The lowest BCUT2D eigenvalue weighted by molar-refractivity contribution is -0.132. The van der Waals surface area contributed by atoms with Crippen LogP contribution in [0.2, 0.25) is 0 Å². The van der Waals surface area contributed by atoms with Gasteiger partial charge in [0.15, 0.2) is 0 Å². The zero-order valence-corrected chi connectivity index (χ0v) is 21.2. The Morgan fingerprint density at radius 3 is 2.50 bits per heavy atom. The van der Waals surface area contributed by atoms with Crippen molar-refractivity contribution in [1.29, 1.82) is 0 Å². The van der Waals surface area contributed by atoms with Crippen LogP contribution in [0.15, 0.2) is 36.5 Å². The van der Waals surface area contributed by atoms with Crippen LogP contribution in [-0.2, 0) is 15.1 Å². The molecule has 0 bridgehead atoms. The van der Waals surface area contributed by atoms with E-state index in [9.17, 15) is 22.8 Å². The lowest BCUT2D eigenvalue weighted by atomic mass is 9.98. The van der Waals surface area contributed by atoms with Crippen LogP contribution in [0.4, 0.5) is 18.0 Å². The Morgan fingerprint density at radius 1 is 1.25 bits per heavy atom. The molecule has 0 unspecified atom stereocenters. The van der Waals surface area contributed by atoms with Crippen molar-refractivity contribution < 1.29 is 32.2 Å². The van der Waals surface area contributed by atoms with Crippen LogP contribution in [0.25, 0.3) is 10.6 Å². The Morgan fingerprint density at radius 2 is 1.94 bits per heavy atom. The number of nitrogens with one attached hydrogen (secondary N) is 1. The van der Waals surface area contributed by atoms with Crippen molar-refractivity contribution in [2.24, 2.45) is 0 Å². The monoisotopic (exact) mass is 529 g/mol. The minimum absolute atomic E-state index is 0.00743. The minimum atomic E-state index is -4.29. The number of piperazine rings is 1. The Balaban J connectivity index is 0.000000493. The topological polar surface area (TPSA) is 96.9 Å². The van der Waals surface area contributed by atoms with Gasteiger partial charge in [-0.2, -0.15) is 13.2 Å². The van der Waals surface area contributed by atoms with E-state index in [2.05, 4.69) is 35.7 Å². The van der Waals surface area contributed by atoms with E-state index in [0.29, 0.717) is 18.8 Å². The number of hydrogen-bond donors (Lipinski definition) is 1. The fraction of sp³-hybridized carbons (Fsp3) is 0.478. The lowest BCUT2D eigenvalue weighted by Crippen LogP contribution is -2.54. The second-order valence-electron chi connectivity index (χ2n) is 8.16. The molecule has 0 atom stereocenters. The fourth-order valence-corrected chi connectivity index (χ4v) is 4.29. The summed E-state index contributed by atoms with van der Waals surface area (Å²) in [5.74, 6) is 0.716. The smallest absolute Gasteiger partial charge is 0.410 e. The first-order valence-corrected chi connectivity index (χ1v) is 11.9. The van der Waals surface area contributed by atoms with Crippen LogP contribution < -0.4 is 10.1 Å². The number of nitrogens with zero attached hydrogens (tertiary/aromatic N) is 4. The molecule has 0 radical (unpaired) electrons. The number of aromatic nitrogens is 2. The summed E-state index contributed by atoms with van der Waals surface area (Å²) in [5.41, 5.74) is 1.72. The number of carbonyl (C=O) groups excluding carboxylic acids is 2. The molecule has 2 amide bonds. The number of pyridine rings is 1. The Hall–Kier alpha value is -3.19. The summed E-state index contributed by atoms with van der Waals surface area (Å²) >= 11 is 1.60.